The van der Waals surface area contributed by atoms with E-state index >= 15 is 0 Å². The topological polar surface area (TPSA) is 132 Å². The van der Waals surface area contributed by atoms with Crippen LogP contribution in [0.5, 0.6) is 0 Å². The quantitative estimate of drug-likeness (QED) is 0.180. The van der Waals surface area contributed by atoms with Gasteiger partial charge in [-0.3, -0.25) is 0 Å². The monoisotopic (exact) mass is 630 g/mol. The van der Waals surface area contributed by atoms with Gasteiger partial charge in [0.15, 0.2) is 0 Å². The van der Waals surface area contributed by atoms with Crippen LogP contribution >= 0.6 is 0 Å². The molecule has 0 aliphatic rings. The molecule has 0 radical (unpaired) electrons. The molecule has 44 heavy (non-hydrogen) atoms. The number of benzene rings is 3. The van der Waals surface area contributed by atoms with Gasteiger partial charge in [-0.25, -0.2) is 17.5 Å². The van der Waals surface area contributed by atoms with Gasteiger partial charge in [0.05, 0.1) is 23.6 Å². The van der Waals surface area contributed by atoms with Crippen molar-refractivity contribution < 1.29 is 62.5 Å². The molecule has 2 atom stereocenters. The summed E-state index contributed by atoms with van der Waals surface area (Å²) in [7, 11) is -3.86. The van der Waals surface area contributed by atoms with E-state index in [2.05, 4.69) is 4.72 Å². The molecular formula is C33H36FN2NaO6S. The minimum Gasteiger partial charge on any atom is -0.550 e. The first-order chi connectivity index (χ1) is 20.5. The Morgan fingerprint density at radius 3 is 1.98 bits per heavy atom. The van der Waals surface area contributed by atoms with Crippen molar-refractivity contribution in [3.8, 4) is 22.3 Å². The Bertz CT molecular complexity index is 1630. The van der Waals surface area contributed by atoms with Crippen LogP contribution in [0.4, 0.5) is 4.39 Å². The number of hydrogen-bond donors (Lipinski definition) is 3. The van der Waals surface area contributed by atoms with Crippen molar-refractivity contribution in [2.24, 2.45) is 0 Å². The van der Waals surface area contributed by atoms with Crippen molar-refractivity contribution in [2.75, 3.05) is 0 Å². The molecular weight excluding hydrogens is 594 g/mol. The number of carboxylic acid groups (broad SMARTS) is 1. The number of carbonyl (C=O) groups is 1. The zero-order valence-electron chi connectivity index (χ0n) is 25.1. The maximum Gasteiger partial charge on any atom is 1.00 e. The van der Waals surface area contributed by atoms with Crippen LogP contribution in [0.3, 0.4) is 0 Å². The smallest absolute Gasteiger partial charge is 0.550 e. The molecule has 0 unspecified atom stereocenters. The fraction of sp³-hybridized carbons (Fsp3) is 0.303. The normalized spacial score (nSPS) is 13.0. The molecule has 0 aliphatic heterocycles. The van der Waals surface area contributed by atoms with Gasteiger partial charge in [-0.15, -0.1) is 0 Å². The van der Waals surface area contributed by atoms with Gasteiger partial charge >= 0.3 is 29.6 Å². The summed E-state index contributed by atoms with van der Waals surface area (Å²) in [6.07, 6.45) is -2.47. The predicted octanol–water partition coefficient (Wildman–Crippen LogP) is 1.21. The minimum atomic E-state index is -3.86. The van der Waals surface area contributed by atoms with Crippen molar-refractivity contribution in [1.82, 2.24) is 9.29 Å². The Hall–Kier alpha value is -2.83. The van der Waals surface area contributed by atoms with Crippen LogP contribution in [0, 0.1) is 5.82 Å². The average Bonchev–Trinajstić information content (AvgIpc) is 3.30. The Morgan fingerprint density at radius 1 is 0.864 bits per heavy atom. The number of aliphatic carboxylic acids is 1. The number of aliphatic hydroxyl groups is 2. The van der Waals surface area contributed by atoms with Gasteiger partial charge in [0.25, 0.3) is 0 Å². The summed E-state index contributed by atoms with van der Waals surface area (Å²) in [5.74, 6) is -1.80. The molecule has 3 N–H and O–H groups in total. The van der Waals surface area contributed by atoms with Crippen molar-refractivity contribution in [2.45, 2.75) is 69.2 Å². The Labute approximate surface area is 279 Å². The number of halogens is 1. The molecule has 0 saturated heterocycles. The van der Waals surface area contributed by atoms with Crippen LogP contribution in [-0.4, -0.2) is 41.4 Å². The number of aromatic nitrogens is 1. The van der Waals surface area contributed by atoms with Crippen LogP contribution < -0.4 is 39.4 Å². The van der Waals surface area contributed by atoms with Gasteiger partial charge in [0.2, 0.25) is 10.0 Å². The molecule has 4 aromatic rings. The van der Waals surface area contributed by atoms with E-state index in [1.54, 1.807) is 30.3 Å². The first kappa shape index (κ1) is 35.6. The van der Waals surface area contributed by atoms with Crippen molar-refractivity contribution in [3.05, 3.63) is 102 Å². The minimum absolute atomic E-state index is 0. The van der Waals surface area contributed by atoms with Crippen LogP contribution in [0.1, 0.15) is 50.5 Å². The molecule has 0 bridgehead atoms. The van der Waals surface area contributed by atoms with Crippen LogP contribution in [0.25, 0.3) is 22.3 Å². The molecule has 0 aliphatic carbocycles. The Morgan fingerprint density at radius 2 is 1.41 bits per heavy atom. The van der Waals surface area contributed by atoms with Crippen molar-refractivity contribution in [1.29, 1.82) is 0 Å². The third kappa shape index (κ3) is 8.88. The van der Waals surface area contributed by atoms with Gasteiger partial charge in [-0.05, 0) is 68.5 Å². The summed E-state index contributed by atoms with van der Waals surface area (Å²) in [6.45, 7) is 3.91. The van der Waals surface area contributed by atoms with Crippen LogP contribution in [0.2, 0.25) is 0 Å². The third-order valence-electron chi connectivity index (χ3n) is 7.26. The van der Waals surface area contributed by atoms with E-state index < -0.39 is 40.4 Å². The van der Waals surface area contributed by atoms with E-state index in [0.29, 0.717) is 17.7 Å². The van der Waals surface area contributed by atoms with Gasteiger partial charge in [0.1, 0.15) is 5.82 Å². The maximum absolute atomic E-state index is 14.0. The summed E-state index contributed by atoms with van der Waals surface area (Å²) in [5, 5.41) is 31.6. The van der Waals surface area contributed by atoms with Gasteiger partial charge < -0.3 is 24.7 Å². The second-order valence-electron chi connectivity index (χ2n) is 10.8. The molecule has 228 valence electrons. The molecule has 0 amide bonds. The zero-order valence-corrected chi connectivity index (χ0v) is 27.9. The van der Waals surface area contributed by atoms with E-state index in [0.717, 1.165) is 22.4 Å². The number of aliphatic hydroxyl groups excluding tert-OH is 2. The van der Waals surface area contributed by atoms with E-state index in [1.165, 1.54) is 24.3 Å². The average molecular weight is 631 g/mol. The van der Waals surface area contributed by atoms with Crippen LogP contribution in [-0.2, 0) is 27.8 Å². The zero-order chi connectivity index (χ0) is 31.1. The van der Waals surface area contributed by atoms with Gasteiger partial charge in [0, 0.05) is 40.9 Å². The molecule has 0 fully saturated rings. The van der Waals surface area contributed by atoms with E-state index in [-0.39, 0.29) is 59.9 Å². The number of carboxylic acids is 1. The second-order valence-corrected chi connectivity index (χ2v) is 12.5. The van der Waals surface area contributed by atoms with Gasteiger partial charge in [-0.2, -0.15) is 0 Å². The molecule has 4 rings (SSSR count). The molecule has 1 heterocycles. The van der Waals surface area contributed by atoms with E-state index in [9.17, 15) is 32.9 Å². The van der Waals surface area contributed by atoms with Gasteiger partial charge in [-0.1, -0.05) is 60.7 Å². The Kier molecular flexibility index (Phi) is 12.9. The van der Waals surface area contributed by atoms with Crippen molar-refractivity contribution >= 4 is 16.0 Å². The first-order valence-corrected chi connectivity index (χ1v) is 15.6. The summed E-state index contributed by atoms with van der Waals surface area (Å²) in [6, 6.07) is 23.5. The summed E-state index contributed by atoms with van der Waals surface area (Å²) in [5.41, 5.74) is 4.59. The fourth-order valence-electron chi connectivity index (χ4n) is 5.44. The number of nitrogens with one attached hydrogen (secondary N) is 1. The number of nitrogens with zero attached hydrogens (tertiary/aromatic N) is 1. The first-order valence-electron chi connectivity index (χ1n) is 14.2. The standard InChI is InChI=1S/C33H37FN2O6S.Na/c1-22(2)36-29(18-17-26(37)19-27(38)20-31(39)40)32(24-13-15-25(34)16-14-24)33(23-9-5-3-6-10-23)30(36)21-35-43(41,42)28-11-7-4-8-12-28;/h3-16,22,26-27,35,37-38H,17-21H2,1-2H3,(H,39,40);/q;+1/p-1/t26-,27-;/m1./s1. The molecule has 1 aromatic heterocycles. The molecule has 0 saturated carbocycles. The van der Waals surface area contributed by atoms with E-state index in [4.69, 9.17) is 0 Å². The SMILES string of the molecule is CC(C)n1c(CC[C@@H](O)C[C@@H](O)CC(=O)[O-])c(-c2ccc(F)cc2)c(-c2ccccc2)c1CNS(=O)(=O)c1ccccc1.[Na+]. The predicted molar refractivity (Wildman–Crippen MR) is 161 cm³/mol. The van der Waals surface area contributed by atoms with Crippen LogP contribution in [0.15, 0.2) is 89.8 Å². The maximum atomic E-state index is 14.0. The molecule has 11 heteroatoms. The van der Waals surface area contributed by atoms with E-state index in [1.807, 2.05) is 48.7 Å². The number of sulfonamides is 1. The Balaban J connectivity index is 0.00000529. The fourth-order valence-corrected chi connectivity index (χ4v) is 6.44. The third-order valence-corrected chi connectivity index (χ3v) is 8.68. The largest absolute Gasteiger partial charge is 1.00 e. The second kappa shape index (κ2) is 15.9. The number of hydrogen-bond acceptors (Lipinski definition) is 6. The van der Waals surface area contributed by atoms with Crippen molar-refractivity contribution in [3.63, 3.8) is 0 Å². The number of rotatable bonds is 14. The molecule has 3 aromatic carbocycles. The summed E-state index contributed by atoms with van der Waals surface area (Å²) >= 11 is 0. The summed E-state index contributed by atoms with van der Waals surface area (Å²) in [4.78, 5) is 11.0. The molecule has 8 nitrogen and oxygen atoms in total. The molecule has 0 spiro atoms. The summed E-state index contributed by atoms with van der Waals surface area (Å²) < 4.78 is 45.4. The number of carbonyl (C=O) groups excluding carboxylic acids is 1.